The van der Waals surface area contributed by atoms with Crippen LogP contribution < -0.4 is 11.2 Å². The lowest BCUT2D eigenvalue weighted by molar-refractivity contribution is 0.654. The van der Waals surface area contributed by atoms with E-state index in [0.717, 1.165) is 16.8 Å². The van der Waals surface area contributed by atoms with E-state index in [1.165, 1.54) is 9.13 Å². The summed E-state index contributed by atoms with van der Waals surface area (Å²) in [6, 6.07) is 17.5. The third-order valence-corrected chi connectivity index (χ3v) is 4.77. The number of fused-ring (bicyclic) bond motifs is 1. The highest BCUT2D eigenvalue weighted by atomic mass is 16.2. The van der Waals surface area contributed by atoms with E-state index in [1.807, 2.05) is 66.1 Å². The van der Waals surface area contributed by atoms with Crippen LogP contribution in [0, 0.1) is 6.92 Å². The number of nitrogens with zero attached hydrogens (tertiary/aromatic N) is 4. The largest absolute Gasteiger partial charge is 0.337 e. The van der Waals surface area contributed by atoms with Crippen molar-refractivity contribution in [3.05, 3.63) is 92.9 Å². The van der Waals surface area contributed by atoms with Crippen molar-refractivity contribution in [2.45, 2.75) is 26.9 Å². The fourth-order valence-corrected chi connectivity index (χ4v) is 3.39. The predicted octanol–water partition coefficient (Wildman–Crippen LogP) is 2.73. The minimum atomic E-state index is -0.366. The second-order valence-electron chi connectivity index (χ2n) is 6.48. The zero-order chi connectivity index (χ0) is 19.0. The topological polar surface area (TPSA) is 61.8 Å². The first-order chi connectivity index (χ1) is 13.1. The Morgan fingerprint density at radius 2 is 1.67 bits per heavy atom. The molecule has 0 saturated heterocycles. The molecule has 0 spiro atoms. The van der Waals surface area contributed by atoms with Gasteiger partial charge in [0.2, 0.25) is 0 Å². The number of imidazole rings is 1. The maximum atomic E-state index is 13.0. The van der Waals surface area contributed by atoms with Crippen LogP contribution >= 0.6 is 0 Å². The molecule has 0 fully saturated rings. The summed E-state index contributed by atoms with van der Waals surface area (Å²) in [7, 11) is 0. The van der Waals surface area contributed by atoms with Crippen LogP contribution in [-0.4, -0.2) is 18.7 Å². The molecule has 136 valence electrons. The summed E-state index contributed by atoms with van der Waals surface area (Å²) >= 11 is 0. The van der Waals surface area contributed by atoms with Crippen LogP contribution in [0.25, 0.3) is 16.9 Å². The van der Waals surface area contributed by atoms with E-state index in [-0.39, 0.29) is 11.2 Å². The van der Waals surface area contributed by atoms with E-state index >= 15 is 0 Å². The summed E-state index contributed by atoms with van der Waals surface area (Å²) in [5.74, 6) is 0. The van der Waals surface area contributed by atoms with E-state index < -0.39 is 0 Å². The van der Waals surface area contributed by atoms with E-state index in [1.54, 1.807) is 13.3 Å². The summed E-state index contributed by atoms with van der Waals surface area (Å²) in [6.07, 6.45) is 1.63. The number of benzene rings is 2. The third kappa shape index (κ3) is 2.79. The zero-order valence-electron chi connectivity index (χ0n) is 15.3. The van der Waals surface area contributed by atoms with E-state index in [4.69, 9.17) is 0 Å². The van der Waals surface area contributed by atoms with Gasteiger partial charge < -0.3 is 4.57 Å². The lowest BCUT2D eigenvalue weighted by Crippen LogP contribution is -2.39. The van der Waals surface area contributed by atoms with Gasteiger partial charge in [-0.1, -0.05) is 48.5 Å². The lowest BCUT2D eigenvalue weighted by Gasteiger charge is -2.13. The molecule has 6 nitrogen and oxygen atoms in total. The molecule has 2 aromatic heterocycles. The minimum Gasteiger partial charge on any atom is -0.320 e. The van der Waals surface area contributed by atoms with Crippen molar-refractivity contribution in [3.8, 4) is 5.69 Å². The molecular weight excluding hydrogens is 340 g/mol. The standard InChI is InChI=1S/C21H20N4O2/c1-3-24-20(26)18-19(22-14-23(18)13-16-10-5-4-6-11-16)25(21(24)27)17-12-8-7-9-15(17)2/h4-12,14H,3,13H2,1-2H3. The van der Waals surface area contributed by atoms with Gasteiger partial charge in [0, 0.05) is 13.1 Å². The van der Waals surface area contributed by atoms with Crippen molar-refractivity contribution in [2.75, 3.05) is 0 Å². The van der Waals surface area contributed by atoms with Crippen LogP contribution in [0.1, 0.15) is 18.1 Å². The minimum absolute atomic E-state index is 0.302. The van der Waals surface area contributed by atoms with Gasteiger partial charge >= 0.3 is 5.69 Å². The highest BCUT2D eigenvalue weighted by Crippen LogP contribution is 2.17. The number of rotatable bonds is 4. The lowest BCUT2D eigenvalue weighted by atomic mass is 10.2. The molecule has 0 N–H and O–H groups in total. The zero-order valence-corrected chi connectivity index (χ0v) is 15.3. The summed E-state index contributed by atoms with van der Waals surface area (Å²) in [5, 5.41) is 0. The first-order valence-corrected chi connectivity index (χ1v) is 8.92. The van der Waals surface area contributed by atoms with E-state index in [0.29, 0.717) is 24.3 Å². The van der Waals surface area contributed by atoms with Gasteiger partial charge in [0.1, 0.15) is 0 Å². The molecule has 0 saturated carbocycles. The first kappa shape index (κ1) is 17.0. The van der Waals surface area contributed by atoms with Crippen LogP contribution in [0.3, 0.4) is 0 Å². The molecule has 2 heterocycles. The third-order valence-electron chi connectivity index (χ3n) is 4.77. The molecule has 4 rings (SSSR count). The Labute approximate surface area is 156 Å². The van der Waals surface area contributed by atoms with Crippen molar-refractivity contribution in [3.63, 3.8) is 0 Å². The van der Waals surface area contributed by atoms with Crippen LogP contribution in [0.5, 0.6) is 0 Å². The fraction of sp³-hybridized carbons (Fsp3) is 0.190. The summed E-state index contributed by atoms with van der Waals surface area (Å²) in [6.45, 7) is 4.56. The van der Waals surface area contributed by atoms with E-state index in [2.05, 4.69) is 4.98 Å². The fourth-order valence-electron chi connectivity index (χ4n) is 3.39. The van der Waals surface area contributed by atoms with Gasteiger partial charge in [-0.05, 0) is 31.0 Å². The molecule has 0 unspecified atom stereocenters. The monoisotopic (exact) mass is 360 g/mol. The van der Waals surface area contributed by atoms with Crippen molar-refractivity contribution >= 4 is 11.2 Å². The summed E-state index contributed by atoms with van der Waals surface area (Å²) < 4.78 is 4.61. The highest BCUT2D eigenvalue weighted by molar-refractivity contribution is 5.73. The molecule has 0 aliphatic heterocycles. The van der Waals surface area contributed by atoms with E-state index in [9.17, 15) is 9.59 Å². The van der Waals surface area contributed by atoms with Gasteiger partial charge in [-0.15, -0.1) is 0 Å². The molecule has 4 aromatic rings. The van der Waals surface area contributed by atoms with Crippen LogP contribution in [-0.2, 0) is 13.1 Å². The molecular formula is C21H20N4O2. The number of para-hydroxylation sites is 1. The molecule has 0 atom stereocenters. The number of aromatic nitrogens is 4. The summed E-state index contributed by atoms with van der Waals surface area (Å²) in [4.78, 5) is 30.5. The number of hydrogen-bond acceptors (Lipinski definition) is 3. The van der Waals surface area contributed by atoms with Crippen molar-refractivity contribution in [1.29, 1.82) is 0 Å². The maximum Gasteiger partial charge on any atom is 0.337 e. The smallest absolute Gasteiger partial charge is 0.320 e. The molecule has 6 heteroatoms. The average molecular weight is 360 g/mol. The van der Waals surface area contributed by atoms with Crippen LogP contribution in [0.2, 0.25) is 0 Å². The van der Waals surface area contributed by atoms with Gasteiger partial charge in [0.15, 0.2) is 11.2 Å². The van der Waals surface area contributed by atoms with Crippen LogP contribution in [0.15, 0.2) is 70.5 Å². The van der Waals surface area contributed by atoms with Crippen molar-refractivity contribution in [2.24, 2.45) is 0 Å². The highest BCUT2D eigenvalue weighted by Gasteiger charge is 2.19. The summed E-state index contributed by atoms with van der Waals surface area (Å²) in [5.41, 5.74) is 2.89. The Morgan fingerprint density at radius 3 is 2.37 bits per heavy atom. The molecule has 0 aliphatic carbocycles. The first-order valence-electron chi connectivity index (χ1n) is 8.92. The van der Waals surface area contributed by atoms with Gasteiger partial charge in [-0.3, -0.25) is 9.36 Å². The van der Waals surface area contributed by atoms with Crippen molar-refractivity contribution < 1.29 is 0 Å². The van der Waals surface area contributed by atoms with Gasteiger partial charge in [0.05, 0.1) is 12.0 Å². The van der Waals surface area contributed by atoms with Gasteiger partial charge in [0.25, 0.3) is 5.56 Å². The normalized spacial score (nSPS) is 11.2. The Morgan fingerprint density at radius 1 is 0.963 bits per heavy atom. The Kier molecular flexibility index (Phi) is 4.24. The average Bonchev–Trinajstić information content (AvgIpc) is 3.08. The Hall–Kier alpha value is -3.41. The molecule has 0 radical (unpaired) electrons. The second-order valence-corrected chi connectivity index (χ2v) is 6.48. The van der Waals surface area contributed by atoms with Crippen molar-refractivity contribution in [1.82, 2.24) is 18.7 Å². The van der Waals surface area contributed by atoms with Gasteiger partial charge in [-0.25, -0.2) is 14.3 Å². The Balaban J connectivity index is 2.04. The molecule has 2 aromatic carbocycles. The van der Waals surface area contributed by atoms with Gasteiger partial charge in [-0.2, -0.15) is 0 Å². The molecule has 0 bridgehead atoms. The molecule has 0 aliphatic rings. The quantitative estimate of drug-likeness (QED) is 0.562. The Bertz CT molecular complexity index is 1230. The second kappa shape index (κ2) is 6.72. The SMILES string of the molecule is CCn1c(=O)c2c(ncn2Cc2ccccc2)n(-c2ccccc2C)c1=O. The molecule has 27 heavy (non-hydrogen) atoms. The predicted molar refractivity (Wildman–Crippen MR) is 106 cm³/mol. The van der Waals surface area contributed by atoms with Crippen LogP contribution in [0.4, 0.5) is 0 Å². The number of aryl methyl sites for hydroxylation is 1. The molecule has 0 amide bonds. The number of hydrogen-bond donors (Lipinski definition) is 0. The maximum absolute atomic E-state index is 13.0.